The van der Waals surface area contributed by atoms with Gasteiger partial charge in [0, 0.05) is 22.3 Å². The highest BCUT2D eigenvalue weighted by Gasteiger charge is 2.01. The van der Waals surface area contributed by atoms with E-state index in [-0.39, 0.29) is 6.61 Å². The summed E-state index contributed by atoms with van der Waals surface area (Å²) in [5.74, 6) is 0. The van der Waals surface area contributed by atoms with Crippen molar-refractivity contribution in [2.75, 3.05) is 24.6 Å². The molecule has 1 N–H and O–H groups in total. The molecule has 72 valence electrons. The van der Waals surface area contributed by atoms with Crippen molar-refractivity contribution in [2.45, 2.75) is 6.92 Å². The van der Waals surface area contributed by atoms with Crippen molar-refractivity contribution in [3.63, 3.8) is 0 Å². The van der Waals surface area contributed by atoms with E-state index in [2.05, 4.69) is 58.7 Å². The lowest BCUT2D eigenvalue weighted by Crippen LogP contribution is -2.25. The first-order valence-electron chi connectivity index (χ1n) is 4.39. The highest BCUT2D eigenvalue weighted by Crippen LogP contribution is 2.15. The zero-order valence-electron chi connectivity index (χ0n) is 7.70. The number of nitrogens with zero attached hydrogens (tertiary/aromatic N) is 1. The number of aliphatic hydroxyl groups excluding tert-OH is 1. The van der Waals surface area contributed by atoms with Gasteiger partial charge in [0.2, 0.25) is 0 Å². The van der Waals surface area contributed by atoms with E-state index in [1.165, 1.54) is 9.26 Å². The molecule has 3 heteroatoms. The fourth-order valence-electron chi connectivity index (χ4n) is 1.24. The molecule has 0 saturated heterocycles. The summed E-state index contributed by atoms with van der Waals surface area (Å²) < 4.78 is 1.24. The second-order valence-electron chi connectivity index (χ2n) is 2.78. The number of likely N-dealkylation sites (N-methyl/N-ethyl adjacent to an activating group) is 1. The zero-order valence-corrected chi connectivity index (χ0v) is 9.86. The van der Waals surface area contributed by atoms with E-state index in [0.717, 1.165) is 6.54 Å². The van der Waals surface area contributed by atoms with Crippen LogP contribution in [0, 0.1) is 3.57 Å². The summed E-state index contributed by atoms with van der Waals surface area (Å²) in [4.78, 5) is 2.15. The predicted octanol–water partition coefficient (Wildman–Crippen LogP) is 2.11. The number of rotatable bonds is 4. The molecule has 2 nitrogen and oxygen atoms in total. The van der Waals surface area contributed by atoms with Crippen LogP contribution in [-0.2, 0) is 0 Å². The second-order valence-corrected chi connectivity index (χ2v) is 4.03. The standard InChI is InChI=1S/C10H14INO/c1-2-12(7-8-13)10-5-3-9(11)4-6-10/h3-6,13H,2,7-8H2,1H3. The van der Waals surface area contributed by atoms with Crippen LogP contribution in [0.2, 0.25) is 0 Å². The Morgan fingerprint density at radius 3 is 2.38 bits per heavy atom. The Labute approximate surface area is 92.7 Å². The molecule has 0 aliphatic rings. The fourth-order valence-corrected chi connectivity index (χ4v) is 1.60. The number of hydrogen-bond donors (Lipinski definition) is 1. The topological polar surface area (TPSA) is 23.5 Å². The van der Waals surface area contributed by atoms with Crippen LogP contribution in [0.3, 0.4) is 0 Å². The van der Waals surface area contributed by atoms with Crippen LogP contribution in [0.1, 0.15) is 6.92 Å². The van der Waals surface area contributed by atoms with Crippen molar-refractivity contribution in [1.82, 2.24) is 0 Å². The molecule has 0 aliphatic heterocycles. The van der Waals surface area contributed by atoms with E-state index in [9.17, 15) is 0 Å². The number of benzene rings is 1. The Morgan fingerprint density at radius 2 is 1.92 bits per heavy atom. The number of aliphatic hydroxyl groups is 1. The predicted molar refractivity (Wildman–Crippen MR) is 64.1 cm³/mol. The van der Waals surface area contributed by atoms with E-state index in [1.807, 2.05) is 0 Å². The highest BCUT2D eigenvalue weighted by molar-refractivity contribution is 14.1. The van der Waals surface area contributed by atoms with Crippen LogP contribution in [0.15, 0.2) is 24.3 Å². The molecule has 0 aliphatic carbocycles. The molecule has 0 bridgehead atoms. The van der Waals surface area contributed by atoms with Gasteiger partial charge >= 0.3 is 0 Å². The Bertz CT molecular complexity index is 248. The van der Waals surface area contributed by atoms with Gasteiger partial charge in [-0.05, 0) is 53.8 Å². The number of anilines is 1. The highest BCUT2D eigenvalue weighted by atomic mass is 127. The third-order valence-electron chi connectivity index (χ3n) is 1.94. The summed E-state index contributed by atoms with van der Waals surface area (Å²) >= 11 is 2.29. The Morgan fingerprint density at radius 1 is 1.31 bits per heavy atom. The lowest BCUT2D eigenvalue weighted by atomic mass is 10.3. The number of halogens is 1. The molecule has 0 spiro atoms. The van der Waals surface area contributed by atoms with E-state index in [0.29, 0.717) is 6.54 Å². The van der Waals surface area contributed by atoms with Crippen LogP contribution in [-0.4, -0.2) is 24.8 Å². The van der Waals surface area contributed by atoms with Crippen LogP contribution in [0.4, 0.5) is 5.69 Å². The van der Waals surface area contributed by atoms with Gasteiger partial charge < -0.3 is 10.0 Å². The minimum absolute atomic E-state index is 0.208. The molecule has 13 heavy (non-hydrogen) atoms. The first kappa shape index (κ1) is 10.8. The quantitative estimate of drug-likeness (QED) is 0.859. The first-order chi connectivity index (χ1) is 6.27. The molecule has 1 rings (SSSR count). The number of hydrogen-bond acceptors (Lipinski definition) is 2. The van der Waals surface area contributed by atoms with E-state index in [1.54, 1.807) is 0 Å². The molecular formula is C10H14INO. The Balaban J connectivity index is 2.73. The van der Waals surface area contributed by atoms with Crippen LogP contribution in [0.5, 0.6) is 0 Å². The van der Waals surface area contributed by atoms with Crippen molar-refractivity contribution in [3.8, 4) is 0 Å². The van der Waals surface area contributed by atoms with Gasteiger partial charge in [-0.25, -0.2) is 0 Å². The van der Waals surface area contributed by atoms with E-state index < -0.39 is 0 Å². The smallest absolute Gasteiger partial charge is 0.0606 e. The van der Waals surface area contributed by atoms with Gasteiger partial charge in [0.25, 0.3) is 0 Å². The lowest BCUT2D eigenvalue weighted by molar-refractivity contribution is 0.302. The van der Waals surface area contributed by atoms with Crippen molar-refractivity contribution >= 4 is 28.3 Å². The van der Waals surface area contributed by atoms with Gasteiger partial charge in [-0.2, -0.15) is 0 Å². The third kappa shape index (κ3) is 3.15. The van der Waals surface area contributed by atoms with Crippen molar-refractivity contribution in [1.29, 1.82) is 0 Å². The largest absolute Gasteiger partial charge is 0.395 e. The maximum atomic E-state index is 8.84. The fraction of sp³-hybridized carbons (Fsp3) is 0.400. The average Bonchev–Trinajstić information content (AvgIpc) is 2.16. The Kier molecular flexibility index (Phi) is 4.52. The summed E-state index contributed by atoms with van der Waals surface area (Å²) in [6.07, 6.45) is 0. The second kappa shape index (κ2) is 5.44. The maximum absolute atomic E-state index is 8.84. The Hall–Kier alpha value is -0.290. The minimum Gasteiger partial charge on any atom is -0.395 e. The van der Waals surface area contributed by atoms with Gasteiger partial charge in [-0.15, -0.1) is 0 Å². The summed E-state index contributed by atoms with van der Waals surface area (Å²) in [7, 11) is 0. The summed E-state index contributed by atoms with van der Waals surface area (Å²) in [5.41, 5.74) is 1.18. The normalized spacial score (nSPS) is 10.1. The first-order valence-corrected chi connectivity index (χ1v) is 5.47. The monoisotopic (exact) mass is 291 g/mol. The van der Waals surface area contributed by atoms with Crippen LogP contribution >= 0.6 is 22.6 Å². The molecule has 0 saturated carbocycles. The molecule has 0 amide bonds. The minimum atomic E-state index is 0.208. The van der Waals surface area contributed by atoms with Gasteiger partial charge in [-0.1, -0.05) is 0 Å². The lowest BCUT2D eigenvalue weighted by Gasteiger charge is -2.21. The molecule has 1 aromatic carbocycles. The SMILES string of the molecule is CCN(CCO)c1ccc(I)cc1. The van der Waals surface area contributed by atoms with Crippen molar-refractivity contribution in [3.05, 3.63) is 27.8 Å². The average molecular weight is 291 g/mol. The van der Waals surface area contributed by atoms with E-state index >= 15 is 0 Å². The summed E-state index contributed by atoms with van der Waals surface area (Å²) in [6, 6.07) is 8.33. The molecular weight excluding hydrogens is 277 g/mol. The van der Waals surface area contributed by atoms with Crippen LogP contribution in [0.25, 0.3) is 0 Å². The van der Waals surface area contributed by atoms with E-state index in [4.69, 9.17) is 5.11 Å². The molecule has 0 aromatic heterocycles. The van der Waals surface area contributed by atoms with Crippen molar-refractivity contribution in [2.24, 2.45) is 0 Å². The van der Waals surface area contributed by atoms with Gasteiger partial charge in [0.1, 0.15) is 0 Å². The van der Waals surface area contributed by atoms with Gasteiger partial charge in [0.15, 0.2) is 0 Å². The molecule has 0 radical (unpaired) electrons. The maximum Gasteiger partial charge on any atom is 0.0606 e. The summed E-state index contributed by atoms with van der Waals surface area (Å²) in [6.45, 7) is 3.94. The third-order valence-corrected chi connectivity index (χ3v) is 2.66. The molecule has 0 unspecified atom stereocenters. The van der Waals surface area contributed by atoms with Gasteiger partial charge in [-0.3, -0.25) is 0 Å². The van der Waals surface area contributed by atoms with Crippen molar-refractivity contribution < 1.29 is 5.11 Å². The molecule has 0 atom stereocenters. The van der Waals surface area contributed by atoms with Gasteiger partial charge in [0.05, 0.1) is 6.61 Å². The zero-order chi connectivity index (χ0) is 9.68. The molecule has 0 heterocycles. The van der Waals surface area contributed by atoms with Crippen LogP contribution < -0.4 is 4.90 Å². The summed E-state index contributed by atoms with van der Waals surface area (Å²) in [5, 5.41) is 8.84. The molecule has 1 aromatic rings. The molecule has 0 fully saturated rings.